The number of hydrogen-bond acceptors (Lipinski definition) is 4. The van der Waals surface area contributed by atoms with E-state index in [4.69, 9.17) is 12.2 Å². The molecule has 6 heteroatoms. The number of thiocarbonyl (C=S) groups is 1. The summed E-state index contributed by atoms with van der Waals surface area (Å²) in [5.41, 5.74) is 0. The number of nitrogens with zero attached hydrogens (tertiary/aromatic N) is 2. The van der Waals surface area contributed by atoms with Crippen LogP contribution in [0.4, 0.5) is 0 Å². The van der Waals surface area contributed by atoms with E-state index in [2.05, 4.69) is 32.2 Å². The second kappa shape index (κ2) is 5.47. The highest BCUT2D eigenvalue weighted by Crippen LogP contribution is 1.86. The van der Waals surface area contributed by atoms with Crippen LogP contribution in [0.3, 0.4) is 0 Å². The van der Waals surface area contributed by atoms with E-state index in [-0.39, 0.29) is 0 Å². The van der Waals surface area contributed by atoms with Gasteiger partial charge in [0, 0.05) is 6.54 Å². The topological polar surface area (TPSA) is 63.0 Å². The largest absolute Gasteiger partial charge is 0.363 e. The van der Waals surface area contributed by atoms with E-state index in [1.165, 1.54) is 6.39 Å². The van der Waals surface area contributed by atoms with Crippen LogP contribution in [0, 0.1) is 0 Å². The van der Waals surface area contributed by atoms with E-state index >= 15 is 0 Å². The summed E-state index contributed by atoms with van der Waals surface area (Å²) in [7, 11) is 0. The van der Waals surface area contributed by atoms with Gasteiger partial charge in [0.2, 0.25) is 6.39 Å². The molecule has 0 aliphatic heterocycles. The van der Waals surface area contributed by atoms with Crippen molar-refractivity contribution in [3.05, 3.63) is 12.2 Å². The first kappa shape index (κ1) is 9.91. The lowest BCUT2D eigenvalue weighted by molar-refractivity contribution is 0.409. The third-order valence-electron chi connectivity index (χ3n) is 1.35. The van der Waals surface area contributed by atoms with Gasteiger partial charge in [-0.05, 0) is 18.6 Å². The van der Waals surface area contributed by atoms with Crippen molar-refractivity contribution in [2.75, 3.05) is 6.54 Å². The van der Waals surface area contributed by atoms with Crippen LogP contribution in [0.25, 0.3) is 0 Å². The van der Waals surface area contributed by atoms with Gasteiger partial charge in [-0.25, -0.2) is 0 Å². The molecule has 0 atom stereocenters. The summed E-state index contributed by atoms with van der Waals surface area (Å²) in [4.78, 5) is 3.84. The van der Waals surface area contributed by atoms with Gasteiger partial charge in [0.15, 0.2) is 10.9 Å². The quantitative estimate of drug-likeness (QED) is 0.688. The summed E-state index contributed by atoms with van der Waals surface area (Å²) < 4.78 is 4.56. The Hall–Kier alpha value is -1.17. The molecule has 0 saturated heterocycles. The van der Waals surface area contributed by atoms with Crippen molar-refractivity contribution in [2.45, 2.75) is 19.9 Å². The molecule has 0 amide bonds. The molecule has 13 heavy (non-hydrogen) atoms. The minimum absolute atomic E-state index is 0.492. The monoisotopic (exact) mass is 200 g/mol. The molecule has 0 spiro atoms. The number of aromatic nitrogens is 2. The van der Waals surface area contributed by atoms with Crippen molar-refractivity contribution < 1.29 is 4.52 Å². The number of rotatable bonds is 4. The highest BCUT2D eigenvalue weighted by atomic mass is 32.1. The minimum atomic E-state index is 0.492. The van der Waals surface area contributed by atoms with Crippen LogP contribution in [0.1, 0.15) is 19.2 Å². The van der Waals surface area contributed by atoms with Gasteiger partial charge < -0.3 is 15.2 Å². The molecular formula is C7H12N4OS. The molecular weight excluding hydrogens is 188 g/mol. The first-order valence-electron chi connectivity index (χ1n) is 4.10. The van der Waals surface area contributed by atoms with E-state index in [9.17, 15) is 0 Å². The van der Waals surface area contributed by atoms with E-state index in [0.717, 1.165) is 13.0 Å². The molecule has 0 unspecified atom stereocenters. The van der Waals surface area contributed by atoms with Crippen LogP contribution in [0.2, 0.25) is 0 Å². The summed E-state index contributed by atoms with van der Waals surface area (Å²) in [6, 6.07) is 0. The summed E-state index contributed by atoms with van der Waals surface area (Å²) in [5, 5.41) is 10.2. The molecule has 0 bridgehead atoms. The van der Waals surface area contributed by atoms with Gasteiger partial charge >= 0.3 is 0 Å². The van der Waals surface area contributed by atoms with Gasteiger partial charge in [-0.15, -0.1) is 0 Å². The van der Waals surface area contributed by atoms with Gasteiger partial charge in [0.25, 0.3) is 0 Å². The van der Waals surface area contributed by atoms with Gasteiger partial charge in [0.1, 0.15) is 0 Å². The third-order valence-corrected chi connectivity index (χ3v) is 1.64. The summed E-state index contributed by atoms with van der Waals surface area (Å²) in [6.45, 7) is 3.44. The Morgan fingerprint density at radius 3 is 3.08 bits per heavy atom. The van der Waals surface area contributed by atoms with Crippen LogP contribution in [0.15, 0.2) is 10.9 Å². The Morgan fingerprint density at radius 1 is 1.62 bits per heavy atom. The molecule has 2 N–H and O–H groups in total. The highest BCUT2D eigenvalue weighted by molar-refractivity contribution is 7.80. The average Bonchev–Trinajstić information content (AvgIpc) is 2.64. The van der Waals surface area contributed by atoms with Gasteiger partial charge in [0.05, 0.1) is 6.54 Å². The Balaban J connectivity index is 2.15. The second-order valence-electron chi connectivity index (χ2n) is 2.46. The van der Waals surface area contributed by atoms with E-state index in [1.807, 2.05) is 0 Å². The standard InChI is InChI=1S/C7H12N4OS/c1-2-3-8-7(13)9-4-6-10-5-12-11-6/h5H,2-4H2,1H3,(H2,8,9,13). The summed E-state index contributed by atoms with van der Waals surface area (Å²) in [6.07, 6.45) is 2.34. The lowest BCUT2D eigenvalue weighted by atomic mass is 10.5. The zero-order chi connectivity index (χ0) is 9.52. The molecule has 1 heterocycles. The first-order valence-corrected chi connectivity index (χ1v) is 4.50. The fourth-order valence-electron chi connectivity index (χ4n) is 0.731. The maximum Gasteiger partial charge on any atom is 0.213 e. The number of nitrogens with one attached hydrogen (secondary N) is 2. The van der Waals surface area contributed by atoms with Crippen LogP contribution in [0.5, 0.6) is 0 Å². The molecule has 0 aromatic carbocycles. The van der Waals surface area contributed by atoms with E-state index in [1.54, 1.807) is 0 Å². The molecule has 1 rings (SSSR count). The molecule has 0 radical (unpaired) electrons. The third kappa shape index (κ3) is 3.84. The van der Waals surface area contributed by atoms with Crippen molar-refractivity contribution in [3.63, 3.8) is 0 Å². The molecule has 1 aromatic heterocycles. The van der Waals surface area contributed by atoms with E-state index < -0.39 is 0 Å². The van der Waals surface area contributed by atoms with E-state index in [0.29, 0.717) is 17.5 Å². The zero-order valence-corrected chi connectivity index (χ0v) is 8.23. The fraction of sp³-hybridized carbons (Fsp3) is 0.571. The smallest absolute Gasteiger partial charge is 0.213 e. The van der Waals surface area contributed by atoms with Crippen molar-refractivity contribution in [1.82, 2.24) is 20.8 Å². The van der Waals surface area contributed by atoms with Gasteiger partial charge in [-0.2, -0.15) is 4.98 Å². The number of hydrogen-bond donors (Lipinski definition) is 2. The van der Waals surface area contributed by atoms with Crippen molar-refractivity contribution in [1.29, 1.82) is 0 Å². The van der Waals surface area contributed by atoms with Crippen LogP contribution in [-0.2, 0) is 6.54 Å². The first-order chi connectivity index (χ1) is 6.33. The summed E-state index contributed by atoms with van der Waals surface area (Å²) >= 11 is 4.98. The normalized spacial score (nSPS) is 9.62. The Bertz CT molecular complexity index is 249. The molecule has 1 aromatic rings. The van der Waals surface area contributed by atoms with Crippen LogP contribution in [-0.4, -0.2) is 21.8 Å². The molecule has 0 fully saturated rings. The minimum Gasteiger partial charge on any atom is -0.363 e. The molecule has 0 aliphatic rings. The molecule has 0 saturated carbocycles. The second-order valence-corrected chi connectivity index (χ2v) is 2.87. The zero-order valence-electron chi connectivity index (χ0n) is 7.41. The lowest BCUT2D eigenvalue weighted by Gasteiger charge is -2.06. The molecule has 5 nitrogen and oxygen atoms in total. The predicted molar refractivity (Wildman–Crippen MR) is 52.0 cm³/mol. The highest BCUT2D eigenvalue weighted by Gasteiger charge is 1.98. The predicted octanol–water partition coefficient (Wildman–Crippen LogP) is 0.444. The van der Waals surface area contributed by atoms with Crippen molar-refractivity contribution >= 4 is 17.3 Å². The Morgan fingerprint density at radius 2 is 2.46 bits per heavy atom. The van der Waals surface area contributed by atoms with Crippen molar-refractivity contribution in [2.24, 2.45) is 0 Å². The fourth-order valence-corrected chi connectivity index (χ4v) is 0.905. The molecule has 0 aliphatic carbocycles. The maximum absolute atomic E-state index is 4.98. The van der Waals surface area contributed by atoms with Crippen molar-refractivity contribution in [3.8, 4) is 0 Å². The Kier molecular flexibility index (Phi) is 4.17. The lowest BCUT2D eigenvalue weighted by Crippen LogP contribution is -2.35. The van der Waals surface area contributed by atoms with Gasteiger partial charge in [-0.1, -0.05) is 12.1 Å². The van der Waals surface area contributed by atoms with Crippen LogP contribution < -0.4 is 10.6 Å². The molecule has 72 valence electrons. The van der Waals surface area contributed by atoms with Gasteiger partial charge in [-0.3, -0.25) is 0 Å². The SMILES string of the molecule is CCCNC(=S)NCc1ncon1. The van der Waals surface area contributed by atoms with Crippen LogP contribution >= 0.6 is 12.2 Å². The average molecular weight is 200 g/mol. The maximum atomic E-state index is 4.98. The summed E-state index contributed by atoms with van der Waals surface area (Å²) in [5.74, 6) is 0.598. The Labute approximate surface area is 81.9 Å².